The second kappa shape index (κ2) is 16.5. The molecule has 214 valence electrons. The molecule has 0 spiro atoms. The zero-order chi connectivity index (χ0) is 29.7. The zero-order valence-corrected chi connectivity index (χ0v) is 23.3. The number of halogens is 1. The average Bonchev–Trinajstić information content (AvgIpc) is 3.34. The Kier molecular flexibility index (Phi) is 13.4. The maximum Gasteiger partial charge on any atom is 0.328 e. The number of nitrogens with zero attached hydrogens (tertiary/aromatic N) is 2. The van der Waals surface area contributed by atoms with Crippen LogP contribution in [0.1, 0.15) is 23.6 Å². The van der Waals surface area contributed by atoms with Crippen molar-refractivity contribution in [3.8, 4) is 0 Å². The Bertz CT molecular complexity index is 1180. The highest BCUT2D eigenvalue weighted by Gasteiger charge is 2.30. The number of aliphatic carboxylic acids is 4. The molecular weight excluding hydrogens is 560 g/mol. The van der Waals surface area contributed by atoms with Crippen molar-refractivity contribution < 1.29 is 39.6 Å². The van der Waals surface area contributed by atoms with Crippen LogP contribution in [-0.2, 0) is 25.6 Å². The normalized spacial score (nSPS) is 16.9. The molecule has 2 aliphatic rings. The van der Waals surface area contributed by atoms with Gasteiger partial charge in [-0.15, -0.1) is 0 Å². The molecule has 1 unspecified atom stereocenters. The number of carboxylic acids is 4. The van der Waals surface area contributed by atoms with Crippen LogP contribution < -0.4 is 0 Å². The second-order valence-corrected chi connectivity index (χ2v) is 10.3. The molecule has 1 heterocycles. The van der Waals surface area contributed by atoms with E-state index in [1.807, 2.05) is 23.9 Å². The van der Waals surface area contributed by atoms with Crippen molar-refractivity contribution in [2.24, 2.45) is 0 Å². The molecule has 0 saturated carbocycles. The molecule has 4 N–H and O–H groups in total. The highest BCUT2D eigenvalue weighted by atomic mass is 35.5. The van der Waals surface area contributed by atoms with E-state index in [2.05, 4.69) is 47.2 Å². The Morgan fingerprint density at radius 2 is 1.30 bits per heavy atom. The highest BCUT2D eigenvalue weighted by molar-refractivity contribution is 7.99. The number of carboxylic acid groups (broad SMARTS) is 4. The van der Waals surface area contributed by atoms with Gasteiger partial charge in [-0.3, -0.25) is 4.90 Å². The second-order valence-electron chi connectivity index (χ2n) is 8.79. The summed E-state index contributed by atoms with van der Waals surface area (Å²) in [5, 5.41) is 32.0. The molecule has 1 fully saturated rings. The fourth-order valence-electron chi connectivity index (χ4n) is 4.12. The smallest absolute Gasteiger partial charge is 0.328 e. The number of hydrogen-bond donors (Lipinski definition) is 4. The number of likely N-dealkylation sites (N-methyl/N-ethyl adjacent to an activating group) is 1. The van der Waals surface area contributed by atoms with E-state index >= 15 is 0 Å². The minimum absolute atomic E-state index is 0.558. The number of benzene rings is 2. The van der Waals surface area contributed by atoms with Gasteiger partial charge in [0.05, 0.1) is 0 Å². The third-order valence-corrected chi connectivity index (χ3v) is 7.32. The SMILES string of the molecule is CN1CCN(C2CCc3c(Sc4ccc(Cl)cc4)cccc32)CC1.O=C(O)/C=C/C(=O)O.O=C(O)/C=C/C(=O)O. The first-order chi connectivity index (χ1) is 19.0. The van der Waals surface area contributed by atoms with Gasteiger partial charge in [0, 0.05) is 71.3 Å². The van der Waals surface area contributed by atoms with E-state index in [-0.39, 0.29) is 0 Å². The molecule has 1 saturated heterocycles. The van der Waals surface area contributed by atoms with E-state index < -0.39 is 23.9 Å². The van der Waals surface area contributed by atoms with Crippen molar-refractivity contribution in [3.63, 3.8) is 0 Å². The minimum atomic E-state index is -1.26. The van der Waals surface area contributed by atoms with E-state index in [4.69, 9.17) is 32.0 Å². The fourth-order valence-corrected chi connectivity index (χ4v) is 5.26. The molecule has 0 amide bonds. The lowest BCUT2D eigenvalue weighted by Crippen LogP contribution is -2.45. The van der Waals surface area contributed by atoms with Crippen molar-refractivity contribution in [2.75, 3.05) is 33.2 Å². The Morgan fingerprint density at radius 1 is 0.800 bits per heavy atom. The van der Waals surface area contributed by atoms with Crippen molar-refractivity contribution >= 4 is 47.2 Å². The van der Waals surface area contributed by atoms with E-state index in [0.29, 0.717) is 30.3 Å². The molecule has 1 aliphatic heterocycles. The topological polar surface area (TPSA) is 156 Å². The van der Waals surface area contributed by atoms with Gasteiger partial charge in [-0.25, -0.2) is 19.2 Å². The van der Waals surface area contributed by atoms with Gasteiger partial charge in [0.2, 0.25) is 0 Å². The Labute approximate surface area is 241 Å². The van der Waals surface area contributed by atoms with Crippen LogP contribution in [0, 0.1) is 0 Å². The quantitative estimate of drug-likeness (QED) is 0.344. The Balaban J connectivity index is 0.000000290. The van der Waals surface area contributed by atoms with Gasteiger partial charge >= 0.3 is 23.9 Å². The van der Waals surface area contributed by atoms with Gasteiger partial charge in [-0.2, -0.15) is 0 Å². The first kappa shape index (κ1) is 32.6. The van der Waals surface area contributed by atoms with Crippen LogP contribution in [0.4, 0.5) is 0 Å². The van der Waals surface area contributed by atoms with Gasteiger partial charge in [0.1, 0.15) is 0 Å². The van der Waals surface area contributed by atoms with Crippen molar-refractivity contribution in [2.45, 2.75) is 28.7 Å². The predicted octanol–water partition coefficient (Wildman–Crippen LogP) is 4.15. The summed E-state index contributed by atoms with van der Waals surface area (Å²) >= 11 is 7.87. The van der Waals surface area contributed by atoms with Crippen LogP contribution in [-0.4, -0.2) is 87.3 Å². The summed E-state index contributed by atoms with van der Waals surface area (Å²) in [6.45, 7) is 4.75. The highest BCUT2D eigenvalue weighted by Crippen LogP contribution is 2.42. The number of piperazine rings is 1. The zero-order valence-electron chi connectivity index (χ0n) is 21.8. The Morgan fingerprint density at radius 3 is 1.77 bits per heavy atom. The first-order valence-electron chi connectivity index (χ1n) is 12.2. The summed E-state index contributed by atoms with van der Waals surface area (Å²) in [7, 11) is 2.22. The first-order valence-corrected chi connectivity index (χ1v) is 13.4. The lowest BCUT2D eigenvalue weighted by atomic mass is 10.1. The third kappa shape index (κ3) is 11.6. The van der Waals surface area contributed by atoms with Gasteiger partial charge in [-0.1, -0.05) is 35.5 Å². The Hall–Kier alpha value is -3.64. The van der Waals surface area contributed by atoms with E-state index in [1.165, 1.54) is 48.8 Å². The molecule has 1 aliphatic carbocycles. The molecule has 4 rings (SSSR count). The molecule has 0 bridgehead atoms. The minimum Gasteiger partial charge on any atom is -0.478 e. The van der Waals surface area contributed by atoms with Gasteiger partial charge < -0.3 is 25.3 Å². The molecule has 0 radical (unpaired) electrons. The van der Waals surface area contributed by atoms with Gasteiger partial charge in [-0.05, 0) is 61.3 Å². The van der Waals surface area contributed by atoms with Crippen LogP contribution in [0.3, 0.4) is 0 Å². The van der Waals surface area contributed by atoms with Crippen LogP contribution in [0.2, 0.25) is 5.02 Å². The van der Waals surface area contributed by atoms with Crippen molar-refractivity contribution in [1.29, 1.82) is 0 Å². The fraction of sp³-hybridized carbons (Fsp3) is 0.286. The summed E-state index contributed by atoms with van der Waals surface area (Å²) in [6, 6.07) is 15.6. The van der Waals surface area contributed by atoms with Gasteiger partial charge in [0.15, 0.2) is 0 Å². The number of fused-ring (bicyclic) bond motifs is 1. The average molecular weight is 591 g/mol. The van der Waals surface area contributed by atoms with E-state index in [9.17, 15) is 19.2 Å². The summed E-state index contributed by atoms with van der Waals surface area (Å²) in [5.41, 5.74) is 3.11. The third-order valence-electron chi connectivity index (χ3n) is 5.95. The lowest BCUT2D eigenvalue weighted by molar-refractivity contribution is -0.134. The molecule has 10 nitrogen and oxygen atoms in total. The summed E-state index contributed by atoms with van der Waals surface area (Å²) in [5.74, 6) is -5.03. The molecule has 2 aromatic rings. The molecular formula is C28H31ClN2O8S. The van der Waals surface area contributed by atoms with Crippen molar-refractivity contribution in [3.05, 3.63) is 82.9 Å². The van der Waals surface area contributed by atoms with Gasteiger partial charge in [0.25, 0.3) is 0 Å². The van der Waals surface area contributed by atoms with Crippen LogP contribution >= 0.6 is 23.4 Å². The maximum atomic E-state index is 9.55. The molecule has 12 heteroatoms. The molecule has 1 atom stereocenters. The number of rotatable bonds is 7. The monoisotopic (exact) mass is 590 g/mol. The summed E-state index contributed by atoms with van der Waals surface area (Å²) in [6.07, 6.45) is 4.69. The summed E-state index contributed by atoms with van der Waals surface area (Å²) < 4.78 is 0. The van der Waals surface area contributed by atoms with E-state index in [1.54, 1.807) is 11.1 Å². The van der Waals surface area contributed by atoms with Crippen LogP contribution in [0.25, 0.3) is 0 Å². The van der Waals surface area contributed by atoms with Crippen LogP contribution in [0.5, 0.6) is 0 Å². The van der Waals surface area contributed by atoms with Crippen molar-refractivity contribution in [1.82, 2.24) is 9.80 Å². The van der Waals surface area contributed by atoms with Crippen LogP contribution in [0.15, 0.2) is 76.6 Å². The van der Waals surface area contributed by atoms with E-state index in [0.717, 1.165) is 5.02 Å². The summed E-state index contributed by atoms with van der Waals surface area (Å²) in [4.78, 5) is 46.0. The molecule has 2 aromatic carbocycles. The lowest BCUT2D eigenvalue weighted by Gasteiger charge is -2.36. The molecule has 40 heavy (non-hydrogen) atoms. The number of hydrogen-bond acceptors (Lipinski definition) is 7. The molecule has 0 aromatic heterocycles. The predicted molar refractivity (Wildman–Crippen MR) is 151 cm³/mol. The maximum absolute atomic E-state index is 9.55. The number of carbonyl (C=O) groups is 4. The standard InChI is InChI=1S/C20H23ClN2S.2C4H4O4/c1-22-11-13-23(14-12-22)19-10-9-18-17(19)3-2-4-20(18)24-16-7-5-15(21)6-8-16;2*5-3(6)1-2-4(7)8/h2-8,19H,9-14H2,1H3;2*1-2H,(H,5,6)(H,7,8)/b;2*2-1+. The largest absolute Gasteiger partial charge is 0.478 e.